The predicted octanol–water partition coefficient (Wildman–Crippen LogP) is 4.01. The third-order valence-electron chi connectivity index (χ3n) is 6.02. The first-order valence-corrected chi connectivity index (χ1v) is 10.6. The first kappa shape index (κ1) is 18.1. The molecule has 0 aliphatic heterocycles. The van der Waals surface area contributed by atoms with Gasteiger partial charge in [0.2, 0.25) is 5.88 Å². The Balaban J connectivity index is 1.56. The third-order valence-corrected chi connectivity index (χ3v) is 7.19. The summed E-state index contributed by atoms with van der Waals surface area (Å²) in [5.74, 6) is 1.36. The van der Waals surface area contributed by atoms with Gasteiger partial charge < -0.3 is 14.4 Å². The van der Waals surface area contributed by atoms with Gasteiger partial charge in [0.15, 0.2) is 0 Å². The Hall–Kier alpha value is -1.24. The molecule has 1 saturated carbocycles. The minimum absolute atomic E-state index is 0.277. The van der Waals surface area contributed by atoms with E-state index >= 15 is 0 Å². The lowest BCUT2D eigenvalue weighted by atomic mass is 9.92. The fourth-order valence-corrected chi connectivity index (χ4v) is 5.75. The average Bonchev–Trinajstić information content (AvgIpc) is 3.20. The number of aromatic nitrogens is 2. The number of rotatable bonds is 6. The molecule has 5 nitrogen and oxygen atoms in total. The van der Waals surface area contributed by atoms with Crippen LogP contribution in [0, 0.1) is 0 Å². The first-order valence-electron chi connectivity index (χ1n) is 9.75. The van der Waals surface area contributed by atoms with Crippen molar-refractivity contribution in [1.29, 1.82) is 0 Å². The number of aryl methyl sites for hydroxylation is 1. The van der Waals surface area contributed by atoms with Crippen LogP contribution in [0.2, 0.25) is 0 Å². The van der Waals surface area contributed by atoms with Gasteiger partial charge in [-0.15, -0.1) is 11.3 Å². The van der Waals surface area contributed by atoms with Crippen molar-refractivity contribution in [3.8, 4) is 5.88 Å². The maximum absolute atomic E-state index is 6.44. The minimum atomic E-state index is 0.277. The Bertz CT molecular complexity index is 753. The van der Waals surface area contributed by atoms with Gasteiger partial charge >= 0.3 is 0 Å². The summed E-state index contributed by atoms with van der Waals surface area (Å²) in [6.07, 6.45) is 9.98. The van der Waals surface area contributed by atoms with Crippen LogP contribution in [0.1, 0.15) is 54.9 Å². The van der Waals surface area contributed by atoms with Crippen LogP contribution in [0.25, 0.3) is 10.2 Å². The fourth-order valence-electron chi connectivity index (χ4n) is 4.52. The second-order valence-corrected chi connectivity index (χ2v) is 8.91. The van der Waals surface area contributed by atoms with Gasteiger partial charge in [-0.05, 0) is 70.5 Å². The molecular weight excluding hydrogens is 346 g/mol. The number of thiophene rings is 1. The van der Waals surface area contributed by atoms with Crippen LogP contribution in [0.4, 0.5) is 0 Å². The zero-order valence-corrected chi connectivity index (χ0v) is 16.8. The normalized spacial score (nSPS) is 25.8. The Kier molecular flexibility index (Phi) is 5.43. The highest BCUT2D eigenvalue weighted by Crippen LogP contribution is 2.47. The van der Waals surface area contributed by atoms with E-state index in [1.165, 1.54) is 35.1 Å². The van der Waals surface area contributed by atoms with Crippen LogP contribution in [-0.4, -0.2) is 54.8 Å². The van der Waals surface area contributed by atoms with Crippen molar-refractivity contribution >= 4 is 21.6 Å². The van der Waals surface area contributed by atoms with E-state index in [1.807, 2.05) is 11.3 Å². The largest absolute Gasteiger partial charge is 0.474 e. The molecule has 1 fully saturated rings. The molecule has 2 heterocycles. The van der Waals surface area contributed by atoms with Crippen LogP contribution in [0.3, 0.4) is 0 Å². The van der Waals surface area contributed by atoms with Crippen LogP contribution in [-0.2, 0) is 11.2 Å². The van der Waals surface area contributed by atoms with Gasteiger partial charge in [-0.2, -0.15) is 0 Å². The Morgan fingerprint density at radius 3 is 2.69 bits per heavy atom. The van der Waals surface area contributed by atoms with Gasteiger partial charge in [-0.3, -0.25) is 0 Å². The van der Waals surface area contributed by atoms with E-state index in [0.29, 0.717) is 12.0 Å². The molecular formula is C20H29N3O2S. The van der Waals surface area contributed by atoms with Gasteiger partial charge in [-0.1, -0.05) is 0 Å². The topological polar surface area (TPSA) is 47.5 Å². The summed E-state index contributed by atoms with van der Waals surface area (Å²) in [4.78, 5) is 14.0. The molecule has 2 aromatic rings. The van der Waals surface area contributed by atoms with Gasteiger partial charge in [0.25, 0.3) is 0 Å². The number of hydrogen-bond donors (Lipinski definition) is 0. The highest BCUT2D eigenvalue weighted by Gasteiger charge is 2.31. The molecule has 6 heteroatoms. The van der Waals surface area contributed by atoms with E-state index in [4.69, 9.17) is 9.47 Å². The molecule has 1 unspecified atom stereocenters. The van der Waals surface area contributed by atoms with Crippen LogP contribution < -0.4 is 4.74 Å². The molecule has 2 aliphatic rings. The van der Waals surface area contributed by atoms with Crippen molar-refractivity contribution in [2.45, 2.75) is 63.0 Å². The SMILES string of the molecule is COCCC1CCc2sc3ncnc(O[C@H]4CC[C@H](N(C)C)CC4)c3c21. The zero-order chi connectivity index (χ0) is 18.1. The molecule has 2 aromatic heterocycles. The summed E-state index contributed by atoms with van der Waals surface area (Å²) in [5, 5.41) is 1.18. The molecule has 1 atom stereocenters. The average molecular weight is 376 g/mol. The van der Waals surface area contributed by atoms with Gasteiger partial charge in [0.1, 0.15) is 17.3 Å². The van der Waals surface area contributed by atoms with Crippen molar-refractivity contribution in [3.63, 3.8) is 0 Å². The van der Waals surface area contributed by atoms with Crippen molar-refractivity contribution in [2.75, 3.05) is 27.8 Å². The van der Waals surface area contributed by atoms with Crippen molar-refractivity contribution in [1.82, 2.24) is 14.9 Å². The van der Waals surface area contributed by atoms with E-state index in [0.717, 1.165) is 43.0 Å². The standard InChI is InChI=1S/C20H29N3O2S/c1-23(2)14-5-7-15(8-6-14)25-19-18-17-13(10-11-24-3)4-9-16(17)26-20(18)22-12-21-19/h12-15H,4-11H2,1-3H3/t13?,14-,15-. The molecule has 0 radical (unpaired) electrons. The fraction of sp³-hybridized carbons (Fsp3) is 0.700. The van der Waals surface area contributed by atoms with E-state index in [-0.39, 0.29) is 6.10 Å². The summed E-state index contributed by atoms with van der Waals surface area (Å²) < 4.78 is 11.8. The number of hydrogen-bond acceptors (Lipinski definition) is 6. The molecule has 0 spiro atoms. The lowest BCUT2D eigenvalue weighted by molar-refractivity contribution is 0.108. The van der Waals surface area contributed by atoms with Gasteiger partial charge in [0.05, 0.1) is 5.39 Å². The number of methoxy groups -OCH3 is 1. The second kappa shape index (κ2) is 7.79. The molecule has 4 rings (SSSR count). The number of ether oxygens (including phenoxy) is 2. The lowest BCUT2D eigenvalue weighted by Crippen LogP contribution is -2.35. The predicted molar refractivity (Wildman–Crippen MR) is 105 cm³/mol. The van der Waals surface area contributed by atoms with Crippen molar-refractivity contribution in [2.24, 2.45) is 0 Å². The maximum Gasteiger partial charge on any atom is 0.225 e. The lowest BCUT2D eigenvalue weighted by Gasteiger charge is -2.32. The molecule has 0 N–H and O–H groups in total. The van der Waals surface area contributed by atoms with E-state index in [1.54, 1.807) is 13.4 Å². The number of fused-ring (bicyclic) bond motifs is 3. The van der Waals surface area contributed by atoms with E-state index in [2.05, 4.69) is 29.0 Å². The number of nitrogens with zero attached hydrogens (tertiary/aromatic N) is 3. The first-order chi connectivity index (χ1) is 12.7. The summed E-state index contributed by atoms with van der Waals surface area (Å²) in [7, 11) is 6.13. The molecule has 142 valence electrons. The van der Waals surface area contributed by atoms with E-state index < -0.39 is 0 Å². The highest BCUT2D eigenvalue weighted by molar-refractivity contribution is 7.19. The van der Waals surface area contributed by atoms with E-state index in [9.17, 15) is 0 Å². The van der Waals surface area contributed by atoms with Crippen LogP contribution >= 0.6 is 11.3 Å². The maximum atomic E-state index is 6.44. The van der Waals surface area contributed by atoms with Crippen molar-refractivity contribution in [3.05, 3.63) is 16.8 Å². The van der Waals surface area contributed by atoms with Crippen LogP contribution in [0.5, 0.6) is 5.88 Å². The minimum Gasteiger partial charge on any atom is -0.474 e. The Morgan fingerprint density at radius 1 is 1.15 bits per heavy atom. The second-order valence-electron chi connectivity index (χ2n) is 7.83. The van der Waals surface area contributed by atoms with Crippen molar-refractivity contribution < 1.29 is 9.47 Å². The molecule has 2 aliphatic carbocycles. The summed E-state index contributed by atoms with van der Waals surface area (Å²) >= 11 is 1.83. The quantitative estimate of drug-likeness (QED) is 0.763. The van der Waals surface area contributed by atoms with Gasteiger partial charge in [-0.25, -0.2) is 9.97 Å². The third kappa shape index (κ3) is 3.47. The summed E-state index contributed by atoms with van der Waals surface area (Å²) in [5.41, 5.74) is 1.44. The monoisotopic (exact) mass is 375 g/mol. The highest BCUT2D eigenvalue weighted by atomic mass is 32.1. The smallest absolute Gasteiger partial charge is 0.225 e. The Morgan fingerprint density at radius 2 is 1.96 bits per heavy atom. The summed E-state index contributed by atoms with van der Waals surface area (Å²) in [6, 6.07) is 0.684. The molecule has 0 amide bonds. The molecule has 26 heavy (non-hydrogen) atoms. The van der Waals surface area contributed by atoms with Gasteiger partial charge in [0, 0.05) is 24.6 Å². The summed E-state index contributed by atoms with van der Waals surface area (Å²) in [6.45, 7) is 0.805. The molecule has 0 saturated heterocycles. The molecule has 0 bridgehead atoms. The molecule has 0 aromatic carbocycles. The Labute approximate surface area is 159 Å². The zero-order valence-electron chi connectivity index (χ0n) is 16.0. The van der Waals surface area contributed by atoms with Crippen LogP contribution in [0.15, 0.2) is 6.33 Å².